The monoisotopic (exact) mass is 223 g/mol. The van der Waals surface area contributed by atoms with Gasteiger partial charge in [0.15, 0.2) is 15.5 Å². The summed E-state index contributed by atoms with van der Waals surface area (Å²) in [5.41, 5.74) is 1.66. The van der Waals surface area contributed by atoms with Crippen LogP contribution in [-0.4, -0.2) is 18.2 Å². The lowest BCUT2D eigenvalue weighted by Gasteiger charge is -2.00. The summed E-state index contributed by atoms with van der Waals surface area (Å²) in [6.45, 7) is 0. The van der Waals surface area contributed by atoms with Gasteiger partial charge >= 0.3 is 0 Å². The zero-order chi connectivity index (χ0) is 10.6. The van der Waals surface area contributed by atoms with E-state index < -0.39 is 9.84 Å². The number of hydrogen-bond donors (Lipinski definition) is 0. The van der Waals surface area contributed by atoms with Gasteiger partial charge in [0.2, 0.25) is 0 Å². The highest BCUT2D eigenvalue weighted by molar-refractivity contribution is 7.90. The molecule has 1 aliphatic heterocycles. The van der Waals surface area contributed by atoms with E-state index in [1.807, 2.05) is 6.07 Å². The third kappa shape index (κ3) is 1.27. The average Bonchev–Trinajstić information content (AvgIpc) is 2.87. The Morgan fingerprint density at radius 1 is 1.40 bits per heavy atom. The number of nitrogens with zero attached hydrogens (tertiary/aromatic N) is 3. The van der Waals surface area contributed by atoms with Gasteiger partial charge < -0.3 is 0 Å². The molecule has 0 radical (unpaired) electrons. The van der Waals surface area contributed by atoms with Crippen molar-refractivity contribution in [2.45, 2.75) is 30.4 Å². The number of hydrogen-bond acceptors (Lipinski definition) is 4. The molecule has 1 aromatic rings. The fourth-order valence-electron chi connectivity index (χ4n) is 2.00. The normalized spacial score (nSPS) is 22.3. The SMILES string of the molecule is N#Cc1nn(C2CC2)c2c1CS(=O)(=O)C2. The van der Waals surface area contributed by atoms with Gasteiger partial charge in [-0.05, 0) is 12.8 Å². The Morgan fingerprint density at radius 2 is 2.13 bits per heavy atom. The molecule has 0 amide bonds. The maximum absolute atomic E-state index is 11.5. The molecule has 5 nitrogen and oxygen atoms in total. The molecule has 0 spiro atoms. The van der Waals surface area contributed by atoms with E-state index in [1.165, 1.54) is 0 Å². The van der Waals surface area contributed by atoms with Crippen molar-refractivity contribution >= 4 is 9.84 Å². The Morgan fingerprint density at radius 3 is 2.73 bits per heavy atom. The van der Waals surface area contributed by atoms with Crippen LogP contribution in [0.15, 0.2) is 0 Å². The van der Waals surface area contributed by atoms with Gasteiger partial charge in [0.25, 0.3) is 0 Å². The number of aromatic nitrogens is 2. The van der Waals surface area contributed by atoms with Crippen molar-refractivity contribution < 1.29 is 8.42 Å². The molecular formula is C9H9N3O2S. The van der Waals surface area contributed by atoms with Crippen molar-refractivity contribution in [2.24, 2.45) is 0 Å². The van der Waals surface area contributed by atoms with Crippen molar-refractivity contribution in [1.29, 1.82) is 5.26 Å². The van der Waals surface area contributed by atoms with Crippen LogP contribution in [0.1, 0.15) is 35.8 Å². The molecule has 3 rings (SSSR count). The van der Waals surface area contributed by atoms with E-state index in [-0.39, 0.29) is 17.2 Å². The molecule has 2 heterocycles. The van der Waals surface area contributed by atoms with E-state index in [0.717, 1.165) is 18.5 Å². The summed E-state index contributed by atoms with van der Waals surface area (Å²) in [6, 6.07) is 2.30. The van der Waals surface area contributed by atoms with Crippen LogP contribution in [0.3, 0.4) is 0 Å². The zero-order valence-corrected chi connectivity index (χ0v) is 8.79. The molecule has 0 atom stereocenters. The lowest BCUT2D eigenvalue weighted by Crippen LogP contribution is -2.05. The van der Waals surface area contributed by atoms with Gasteiger partial charge in [-0.25, -0.2) is 8.42 Å². The van der Waals surface area contributed by atoms with Crippen LogP contribution in [-0.2, 0) is 21.3 Å². The number of rotatable bonds is 1. The minimum atomic E-state index is -3.03. The molecule has 1 aromatic heterocycles. The fourth-order valence-corrected chi connectivity index (χ4v) is 3.57. The van der Waals surface area contributed by atoms with Crippen LogP contribution in [0.4, 0.5) is 0 Å². The largest absolute Gasteiger partial charge is 0.264 e. The molecule has 0 bridgehead atoms. The maximum Gasteiger partial charge on any atom is 0.167 e. The predicted octanol–water partition coefficient (Wildman–Crippen LogP) is 0.518. The van der Waals surface area contributed by atoms with Crippen LogP contribution in [0.5, 0.6) is 0 Å². The Hall–Kier alpha value is -1.35. The van der Waals surface area contributed by atoms with Crippen LogP contribution in [0.2, 0.25) is 0 Å². The van der Waals surface area contributed by atoms with Crippen molar-refractivity contribution in [1.82, 2.24) is 9.78 Å². The second-order valence-electron chi connectivity index (χ2n) is 4.09. The second-order valence-corrected chi connectivity index (χ2v) is 6.16. The molecular weight excluding hydrogens is 214 g/mol. The molecule has 1 saturated carbocycles. The molecule has 0 saturated heterocycles. The van der Waals surface area contributed by atoms with Crippen LogP contribution in [0.25, 0.3) is 0 Å². The number of fused-ring (bicyclic) bond motifs is 1. The highest BCUT2D eigenvalue weighted by Gasteiger charge is 2.37. The first-order chi connectivity index (χ1) is 7.11. The van der Waals surface area contributed by atoms with Gasteiger partial charge in [0.1, 0.15) is 6.07 Å². The maximum atomic E-state index is 11.5. The highest BCUT2D eigenvalue weighted by atomic mass is 32.2. The minimum absolute atomic E-state index is 0.0159. The molecule has 0 N–H and O–H groups in total. The Labute approximate surface area is 87.2 Å². The van der Waals surface area contributed by atoms with Gasteiger partial charge in [-0.3, -0.25) is 4.68 Å². The summed E-state index contributed by atoms with van der Waals surface area (Å²) in [4.78, 5) is 0. The summed E-state index contributed by atoms with van der Waals surface area (Å²) < 4.78 is 24.7. The van der Waals surface area contributed by atoms with Gasteiger partial charge in [-0.1, -0.05) is 0 Å². The van der Waals surface area contributed by atoms with E-state index in [4.69, 9.17) is 5.26 Å². The molecule has 15 heavy (non-hydrogen) atoms. The Kier molecular flexibility index (Phi) is 1.55. The molecule has 78 valence electrons. The van der Waals surface area contributed by atoms with Gasteiger partial charge in [-0.15, -0.1) is 0 Å². The van der Waals surface area contributed by atoms with Gasteiger partial charge in [-0.2, -0.15) is 10.4 Å². The Bertz CT molecular complexity index is 575. The van der Waals surface area contributed by atoms with Gasteiger partial charge in [0, 0.05) is 5.56 Å². The van der Waals surface area contributed by atoms with Crippen molar-refractivity contribution in [2.75, 3.05) is 0 Å². The zero-order valence-electron chi connectivity index (χ0n) is 7.97. The van der Waals surface area contributed by atoms with Gasteiger partial charge in [0.05, 0.1) is 23.2 Å². The van der Waals surface area contributed by atoms with E-state index in [1.54, 1.807) is 4.68 Å². The highest BCUT2D eigenvalue weighted by Crippen LogP contribution is 2.39. The lowest BCUT2D eigenvalue weighted by atomic mass is 10.2. The molecule has 1 aliphatic carbocycles. The first kappa shape index (κ1) is 8.92. The van der Waals surface area contributed by atoms with Crippen LogP contribution >= 0.6 is 0 Å². The summed E-state index contributed by atoms with van der Waals surface area (Å²) >= 11 is 0. The lowest BCUT2D eigenvalue weighted by molar-refractivity contribution is 0.588. The van der Waals surface area contributed by atoms with E-state index >= 15 is 0 Å². The quantitative estimate of drug-likeness (QED) is 0.695. The molecule has 0 unspecified atom stereocenters. The summed E-state index contributed by atoms with van der Waals surface area (Å²) in [6.07, 6.45) is 2.08. The number of nitriles is 1. The van der Waals surface area contributed by atoms with Crippen molar-refractivity contribution in [3.8, 4) is 6.07 Å². The fraction of sp³-hybridized carbons (Fsp3) is 0.556. The molecule has 6 heteroatoms. The average molecular weight is 223 g/mol. The second kappa shape index (κ2) is 2.61. The third-order valence-electron chi connectivity index (χ3n) is 2.84. The van der Waals surface area contributed by atoms with E-state index in [2.05, 4.69) is 5.10 Å². The molecule has 1 fully saturated rings. The smallest absolute Gasteiger partial charge is 0.167 e. The minimum Gasteiger partial charge on any atom is -0.264 e. The topological polar surface area (TPSA) is 75.8 Å². The molecule has 2 aliphatic rings. The number of sulfone groups is 1. The Balaban J connectivity index is 2.19. The predicted molar refractivity (Wildman–Crippen MR) is 51.5 cm³/mol. The first-order valence-corrected chi connectivity index (χ1v) is 6.63. The summed E-state index contributed by atoms with van der Waals surface area (Å²) in [7, 11) is -3.03. The summed E-state index contributed by atoms with van der Waals surface area (Å²) in [5, 5.41) is 13.0. The molecule has 0 aromatic carbocycles. The third-order valence-corrected chi connectivity index (χ3v) is 4.28. The summed E-state index contributed by atoms with van der Waals surface area (Å²) in [5.74, 6) is 0.0332. The standard InChI is InChI=1S/C9H9N3O2S/c10-3-8-7-4-15(13,14)5-9(7)12(11-8)6-1-2-6/h6H,1-2,4-5H2. The van der Waals surface area contributed by atoms with Crippen molar-refractivity contribution in [3.05, 3.63) is 17.0 Å². The van der Waals surface area contributed by atoms with Crippen molar-refractivity contribution in [3.63, 3.8) is 0 Å². The van der Waals surface area contributed by atoms with Crippen LogP contribution in [0, 0.1) is 11.3 Å². The first-order valence-electron chi connectivity index (χ1n) is 4.81. The van der Waals surface area contributed by atoms with Crippen LogP contribution < -0.4 is 0 Å². The van der Waals surface area contributed by atoms with E-state index in [9.17, 15) is 8.42 Å². The van der Waals surface area contributed by atoms with E-state index in [0.29, 0.717) is 11.6 Å².